The molecule has 0 amide bonds. The Morgan fingerprint density at radius 3 is 2.29 bits per heavy atom. The van der Waals surface area contributed by atoms with E-state index in [-0.39, 0.29) is 0 Å². The van der Waals surface area contributed by atoms with E-state index in [0.717, 1.165) is 39.6 Å². The molecule has 0 aliphatic carbocycles. The highest BCUT2D eigenvalue weighted by atomic mass is 15.0. The number of aryl methyl sites for hydroxylation is 1. The van der Waals surface area contributed by atoms with Gasteiger partial charge in [0.05, 0.1) is 16.7 Å². The van der Waals surface area contributed by atoms with Gasteiger partial charge in [-0.05, 0) is 19.1 Å². The maximum Gasteiger partial charge on any atom is 0.174 e. The highest BCUT2D eigenvalue weighted by Crippen LogP contribution is 2.25. The molecule has 0 atom stereocenters. The van der Waals surface area contributed by atoms with E-state index in [0.29, 0.717) is 0 Å². The van der Waals surface area contributed by atoms with E-state index in [9.17, 15) is 0 Å². The SMILES string of the molecule is Cc1[nH]c(-c2nc3ccccc3[nH]2)nc1-c1ccccc1. The van der Waals surface area contributed by atoms with Crippen LogP contribution in [0.2, 0.25) is 0 Å². The molecular weight excluding hydrogens is 260 g/mol. The third-order valence-electron chi connectivity index (χ3n) is 3.55. The number of fused-ring (bicyclic) bond motifs is 1. The average Bonchev–Trinajstić information content (AvgIpc) is 3.11. The molecular formula is C17H14N4. The lowest BCUT2D eigenvalue weighted by atomic mass is 10.1. The van der Waals surface area contributed by atoms with E-state index < -0.39 is 0 Å². The van der Waals surface area contributed by atoms with Crippen molar-refractivity contribution in [3.63, 3.8) is 0 Å². The first-order valence-electron chi connectivity index (χ1n) is 6.88. The van der Waals surface area contributed by atoms with Crippen LogP contribution >= 0.6 is 0 Å². The Kier molecular flexibility index (Phi) is 2.60. The van der Waals surface area contributed by atoms with Crippen LogP contribution in [0.15, 0.2) is 54.6 Å². The molecule has 2 aromatic heterocycles. The largest absolute Gasteiger partial charge is 0.339 e. The van der Waals surface area contributed by atoms with Gasteiger partial charge in [0.25, 0.3) is 0 Å². The minimum Gasteiger partial charge on any atom is -0.339 e. The molecule has 2 N–H and O–H groups in total. The topological polar surface area (TPSA) is 57.4 Å². The van der Waals surface area contributed by atoms with Crippen LogP contribution in [0.3, 0.4) is 0 Å². The number of para-hydroxylation sites is 2. The third-order valence-corrected chi connectivity index (χ3v) is 3.55. The fraction of sp³-hybridized carbons (Fsp3) is 0.0588. The summed E-state index contributed by atoms with van der Waals surface area (Å²) in [5, 5.41) is 0. The molecule has 0 aliphatic rings. The van der Waals surface area contributed by atoms with E-state index >= 15 is 0 Å². The first-order valence-corrected chi connectivity index (χ1v) is 6.88. The van der Waals surface area contributed by atoms with Crippen molar-refractivity contribution in [3.8, 4) is 22.9 Å². The van der Waals surface area contributed by atoms with E-state index in [4.69, 9.17) is 4.98 Å². The number of benzene rings is 2. The summed E-state index contributed by atoms with van der Waals surface area (Å²) in [5.41, 5.74) is 5.07. The average molecular weight is 274 g/mol. The molecule has 0 bridgehead atoms. The second kappa shape index (κ2) is 4.59. The molecule has 0 saturated carbocycles. The summed E-state index contributed by atoms with van der Waals surface area (Å²) in [6.45, 7) is 2.03. The molecule has 4 aromatic rings. The van der Waals surface area contributed by atoms with E-state index in [2.05, 4.69) is 27.1 Å². The molecule has 0 spiro atoms. The molecule has 0 radical (unpaired) electrons. The quantitative estimate of drug-likeness (QED) is 0.582. The molecule has 102 valence electrons. The fourth-order valence-electron chi connectivity index (χ4n) is 2.51. The van der Waals surface area contributed by atoms with Gasteiger partial charge in [-0.15, -0.1) is 0 Å². The Balaban J connectivity index is 1.83. The van der Waals surface area contributed by atoms with Crippen LogP contribution in [0, 0.1) is 6.92 Å². The number of nitrogens with one attached hydrogen (secondary N) is 2. The predicted molar refractivity (Wildman–Crippen MR) is 83.8 cm³/mol. The smallest absolute Gasteiger partial charge is 0.174 e. The van der Waals surface area contributed by atoms with Crippen LogP contribution in [0.25, 0.3) is 33.9 Å². The van der Waals surface area contributed by atoms with Crippen LogP contribution < -0.4 is 0 Å². The van der Waals surface area contributed by atoms with E-state index in [1.54, 1.807) is 0 Å². The fourth-order valence-corrected chi connectivity index (χ4v) is 2.51. The number of nitrogens with zero attached hydrogens (tertiary/aromatic N) is 2. The van der Waals surface area contributed by atoms with Gasteiger partial charge in [-0.1, -0.05) is 42.5 Å². The molecule has 0 saturated heterocycles. The molecule has 4 heteroatoms. The van der Waals surface area contributed by atoms with Crippen LogP contribution in [0.5, 0.6) is 0 Å². The van der Waals surface area contributed by atoms with Crippen molar-refractivity contribution in [2.45, 2.75) is 6.92 Å². The van der Waals surface area contributed by atoms with Crippen molar-refractivity contribution in [2.24, 2.45) is 0 Å². The monoisotopic (exact) mass is 274 g/mol. The van der Waals surface area contributed by atoms with Crippen LogP contribution in [-0.4, -0.2) is 19.9 Å². The van der Waals surface area contributed by atoms with Gasteiger partial charge < -0.3 is 9.97 Å². The lowest BCUT2D eigenvalue weighted by Crippen LogP contribution is -1.83. The molecule has 4 nitrogen and oxygen atoms in total. The van der Waals surface area contributed by atoms with Crippen molar-refractivity contribution >= 4 is 11.0 Å². The lowest BCUT2D eigenvalue weighted by molar-refractivity contribution is 1.19. The number of hydrogen-bond acceptors (Lipinski definition) is 2. The van der Waals surface area contributed by atoms with Gasteiger partial charge >= 0.3 is 0 Å². The maximum absolute atomic E-state index is 4.70. The summed E-state index contributed by atoms with van der Waals surface area (Å²) in [6.07, 6.45) is 0. The summed E-state index contributed by atoms with van der Waals surface area (Å²) >= 11 is 0. The standard InChI is InChI=1S/C17H14N4/c1-11-15(12-7-3-2-4-8-12)21-16(18-11)17-19-13-9-5-6-10-14(13)20-17/h2-10H,1H3,(H,18,21)(H,19,20). The molecule has 0 fully saturated rings. The van der Waals surface area contributed by atoms with Gasteiger partial charge in [-0.25, -0.2) is 9.97 Å². The van der Waals surface area contributed by atoms with Crippen molar-refractivity contribution in [2.75, 3.05) is 0 Å². The highest BCUT2D eigenvalue weighted by molar-refractivity contribution is 5.78. The van der Waals surface area contributed by atoms with Gasteiger partial charge in [0.15, 0.2) is 11.6 Å². The van der Waals surface area contributed by atoms with Crippen LogP contribution in [-0.2, 0) is 0 Å². The van der Waals surface area contributed by atoms with E-state index in [1.807, 2.05) is 49.4 Å². The highest BCUT2D eigenvalue weighted by Gasteiger charge is 2.13. The van der Waals surface area contributed by atoms with Gasteiger partial charge in [0.2, 0.25) is 0 Å². The zero-order chi connectivity index (χ0) is 14.2. The van der Waals surface area contributed by atoms with Crippen molar-refractivity contribution in [1.29, 1.82) is 0 Å². The Morgan fingerprint density at radius 1 is 0.762 bits per heavy atom. The maximum atomic E-state index is 4.70. The minimum atomic E-state index is 0.765. The number of H-pyrrole nitrogens is 2. The lowest BCUT2D eigenvalue weighted by Gasteiger charge is -1.96. The first kappa shape index (κ1) is 11.9. The Bertz CT molecular complexity index is 870. The number of aromatic nitrogens is 4. The third kappa shape index (κ3) is 2.01. The number of imidazole rings is 2. The van der Waals surface area contributed by atoms with Gasteiger partial charge in [0.1, 0.15) is 0 Å². The van der Waals surface area contributed by atoms with Crippen molar-refractivity contribution < 1.29 is 0 Å². The van der Waals surface area contributed by atoms with Crippen LogP contribution in [0.4, 0.5) is 0 Å². The summed E-state index contributed by atoms with van der Waals surface area (Å²) < 4.78 is 0. The van der Waals surface area contributed by atoms with E-state index in [1.165, 1.54) is 0 Å². The minimum absolute atomic E-state index is 0.765. The predicted octanol–water partition coefficient (Wildman–Crippen LogP) is 3.93. The van der Waals surface area contributed by atoms with Gasteiger partial charge in [0, 0.05) is 11.3 Å². The number of rotatable bonds is 2. The Hall–Kier alpha value is -2.88. The molecule has 4 rings (SSSR count). The van der Waals surface area contributed by atoms with Crippen molar-refractivity contribution in [3.05, 3.63) is 60.3 Å². The molecule has 2 aromatic carbocycles. The second-order valence-corrected chi connectivity index (χ2v) is 5.03. The Morgan fingerprint density at radius 2 is 1.48 bits per heavy atom. The summed E-state index contributed by atoms with van der Waals surface area (Å²) in [6, 6.07) is 18.1. The first-order chi connectivity index (χ1) is 10.3. The van der Waals surface area contributed by atoms with Gasteiger partial charge in [-0.3, -0.25) is 0 Å². The number of aromatic amines is 2. The zero-order valence-electron chi connectivity index (χ0n) is 11.6. The molecule has 0 aliphatic heterocycles. The second-order valence-electron chi connectivity index (χ2n) is 5.03. The molecule has 0 unspecified atom stereocenters. The van der Waals surface area contributed by atoms with Crippen molar-refractivity contribution in [1.82, 2.24) is 19.9 Å². The summed E-state index contributed by atoms with van der Waals surface area (Å²) in [7, 11) is 0. The zero-order valence-corrected chi connectivity index (χ0v) is 11.6. The van der Waals surface area contributed by atoms with Crippen LogP contribution in [0.1, 0.15) is 5.69 Å². The normalized spacial score (nSPS) is 11.1. The van der Waals surface area contributed by atoms with Gasteiger partial charge in [-0.2, -0.15) is 0 Å². The number of hydrogen-bond donors (Lipinski definition) is 2. The summed E-state index contributed by atoms with van der Waals surface area (Å²) in [5.74, 6) is 1.53. The molecule has 21 heavy (non-hydrogen) atoms. The Labute approximate surface area is 121 Å². The summed E-state index contributed by atoms with van der Waals surface area (Å²) in [4.78, 5) is 15.9. The molecule has 2 heterocycles.